The number of likely N-dealkylation sites (N-methyl/N-ethyl adjacent to an activating group) is 1. The van der Waals surface area contributed by atoms with Crippen molar-refractivity contribution in [3.63, 3.8) is 0 Å². The summed E-state index contributed by atoms with van der Waals surface area (Å²) in [6.45, 7) is 7.67. The minimum atomic E-state index is -4.48. The monoisotopic (exact) mass is 670 g/mol. The molecule has 13 heteroatoms. The number of anilines is 1. The third kappa shape index (κ3) is 8.75. The van der Waals surface area contributed by atoms with Crippen molar-refractivity contribution in [1.82, 2.24) is 19.6 Å². The van der Waals surface area contributed by atoms with Gasteiger partial charge in [-0.15, -0.1) is 0 Å². The summed E-state index contributed by atoms with van der Waals surface area (Å²) in [7, 11) is 3.89. The highest BCUT2D eigenvalue weighted by Crippen LogP contribution is 2.37. The van der Waals surface area contributed by atoms with Crippen LogP contribution in [0.2, 0.25) is 10.0 Å². The van der Waals surface area contributed by atoms with Crippen LogP contribution in [0.5, 0.6) is 0 Å². The third-order valence-corrected chi connectivity index (χ3v) is 9.03. The summed E-state index contributed by atoms with van der Waals surface area (Å²) in [6, 6.07) is 7.33. The Morgan fingerprint density at radius 3 is 2.29 bits per heavy atom. The second-order valence-electron chi connectivity index (χ2n) is 12.5. The van der Waals surface area contributed by atoms with E-state index in [4.69, 9.17) is 28.9 Å². The molecule has 45 heavy (non-hydrogen) atoms. The minimum Gasteiger partial charge on any atom is -0.368 e. The summed E-state index contributed by atoms with van der Waals surface area (Å²) in [6.07, 6.45) is -3.71. The van der Waals surface area contributed by atoms with Gasteiger partial charge >= 0.3 is 12.2 Å². The Balaban J connectivity index is 1.54. The molecule has 2 unspecified atom stereocenters. The quantitative estimate of drug-likeness (QED) is 0.336. The van der Waals surface area contributed by atoms with Crippen molar-refractivity contribution in [2.45, 2.75) is 44.9 Å². The number of amides is 3. The number of hydrogen-bond donors (Lipinski definition) is 1. The maximum Gasteiger partial charge on any atom is 0.416 e. The second kappa shape index (κ2) is 14.8. The average Bonchev–Trinajstić information content (AvgIpc) is 3.34. The molecule has 2 fully saturated rings. The summed E-state index contributed by atoms with van der Waals surface area (Å²) in [5.41, 5.74) is 7.53. The van der Waals surface area contributed by atoms with E-state index in [1.165, 1.54) is 6.07 Å². The van der Waals surface area contributed by atoms with E-state index in [1.54, 1.807) is 32.9 Å². The van der Waals surface area contributed by atoms with Crippen LogP contribution in [0.3, 0.4) is 0 Å². The number of nitrogens with two attached hydrogens (primary N) is 1. The number of carbonyl (C=O) groups excluding carboxylic acids is 2. The van der Waals surface area contributed by atoms with Gasteiger partial charge in [-0.2, -0.15) is 13.2 Å². The van der Waals surface area contributed by atoms with Gasteiger partial charge in [0.2, 0.25) is 5.91 Å². The predicted molar refractivity (Wildman–Crippen MR) is 173 cm³/mol. The van der Waals surface area contributed by atoms with Crippen molar-refractivity contribution in [2.24, 2.45) is 11.7 Å². The molecule has 3 amide bonds. The van der Waals surface area contributed by atoms with Crippen LogP contribution in [0.4, 0.5) is 23.7 Å². The number of urea groups is 1. The molecule has 0 aromatic heterocycles. The summed E-state index contributed by atoms with van der Waals surface area (Å²) >= 11 is 12.6. The van der Waals surface area contributed by atoms with E-state index in [9.17, 15) is 22.8 Å². The fraction of sp³-hybridized carbons (Fsp3) is 0.562. The zero-order chi connectivity index (χ0) is 33.1. The van der Waals surface area contributed by atoms with Gasteiger partial charge in [-0.1, -0.05) is 43.1 Å². The van der Waals surface area contributed by atoms with Crippen molar-refractivity contribution in [2.75, 3.05) is 71.4 Å². The first kappa shape index (κ1) is 35.1. The number of benzene rings is 2. The fourth-order valence-electron chi connectivity index (χ4n) is 5.97. The van der Waals surface area contributed by atoms with Crippen LogP contribution >= 0.6 is 23.2 Å². The lowest BCUT2D eigenvalue weighted by molar-refractivity contribution is -0.138. The van der Waals surface area contributed by atoms with Crippen LogP contribution in [0.15, 0.2) is 36.4 Å². The largest absolute Gasteiger partial charge is 0.416 e. The molecule has 2 aromatic carbocycles. The van der Waals surface area contributed by atoms with Crippen molar-refractivity contribution in [1.29, 1.82) is 0 Å². The Hall–Kier alpha value is -2.73. The molecule has 2 saturated heterocycles. The SMILES string of the molecule is CC(C)CC(N)c1cc(C(F)(F)F)ccc1N1CCN(C(=O)C(Cc2ccc(Cl)cc2Cl)N2CCN(CCN(C)C)C2=O)CC1. The molecule has 2 aliphatic heterocycles. The van der Waals surface area contributed by atoms with Crippen LogP contribution < -0.4 is 10.6 Å². The van der Waals surface area contributed by atoms with Gasteiger partial charge in [0.15, 0.2) is 0 Å². The van der Waals surface area contributed by atoms with Gasteiger partial charge in [0, 0.05) is 80.6 Å². The molecule has 2 aromatic rings. The van der Waals surface area contributed by atoms with Gasteiger partial charge in [0.25, 0.3) is 0 Å². The molecule has 0 bridgehead atoms. The van der Waals surface area contributed by atoms with Gasteiger partial charge in [0.1, 0.15) is 6.04 Å². The zero-order valence-corrected chi connectivity index (χ0v) is 27.8. The van der Waals surface area contributed by atoms with Gasteiger partial charge in [0.05, 0.1) is 5.56 Å². The summed E-state index contributed by atoms with van der Waals surface area (Å²) in [4.78, 5) is 36.8. The molecule has 2 aliphatic rings. The maximum atomic E-state index is 14.2. The summed E-state index contributed by atoms with van der Waals surface area (Å²) < 4.78 is 40.8. The molecule has 4 rings (SSSR count). The van der Waals surface area contributed by atoms with Crippen LogP contribution in [0, 0.1) is 5.92 Å². The highest BCUT2D eigenvalue weighted by molar-refractivity contribution is 6.35. The van der Waals surface area contributed by atoms with Gasteiger partial charge in [-0.3, -0.25) is 4.79 Å². The van der Waals surface area contributed by atoms with E-state index in [0.717, 1.165) is 12.1 Å². The lowest BCUT2D eigenvalue weighted by Crippen LogP contribution is -2.56. The molecule has 0 saturated carbocycles. The van der Waals surface area contributed by atoms with Crippen LogP contribution in [0.25, 0.3) is 0 Å². The van der Waals surface area contributed by atoms with Gasteiger partial charge in [-0.25, -0.2) is 4.79 Å². The highest BCUT2D eigenvalue weighted by Gasteiger charge is 2.40. The molecular weight excluding hydrogens is 628 g/mol. The van der Waals surface area contributed by atoms with Gasteiger partial charge in [-0.05, 0) is 67.9 Å². The highest BCUT2D eigenvalue weighted by atomic mass is 35.5. The predicted octanol–water partition coefficient (Wildman–Crippen LogP) is 5.62. The van der Waals surface area contributed by atoms with Crippen LogP contribution in [-0.4, -0.2) is 104 Å². The Bertz CT molecular complexity index is 1350. The lowest BCUT2D eigenvalue weighted by Gasteiger charge is -2.40. The third-order valence-electron chi connectivity index (χ3n) is 8.45. The van der Waals surface area contributed by atoms with Crippen molar-refractivity contribution in [3.8, 4) is 0 Å². The Labute approximate surface area is 273 Å². The van der Waals surface area contributed by atoms with E-state index in [-0.39, 0.29) is 24.3 Å². The van der Waals surface area contributed by atoms with E-state index in [2.05, 4.69) is 0 Å². The number of hydrogen-bond acceptors (Lipinski definition) is 5. The molecule has 0 spiro atoms. The molecular formula is C32H43Cl2F3N6O2. The van der Waals surface area contributed by atoms with Crippen molar-refractivity contribution < 1.29 is 22.8 Å². The van der Waals surface area contributed by atoms with E-state index in [1.807, 2.05) is 37.7 Å². The number of alkyl halides is 3. The van der Waals surface area contributed by atoms with Crippen LogP contribution in [-0.2, 0) is 17.4 Å². The first-order valence-corrected chi connectivity index (χ1v) is 16.1. The number of halogens is 5. The molecule has 8 nitrogen and oxygen atoms in total. The molecule has 0 aliphatic carbocycles. The van der Waals surface area contributed by atoms with Crippen LogP contribution in [0.1, 0.15) is 43.0 Å². The molecule has 2 atom stereocenters. The van der Waals surface area contributed by atoms with E-state index < -0.39 is 23.8 Å². The Morgan fingerprint density at radius 1 is 1.00 bits per heavy atom. The maximum absolute atomic E-state index is 14.2. The first-order valence-electron chi connectivity index (χ1n) is 15.3. The standard InChI is InChI=1S/C32H43Cl2F3N6O2/c1-21(2)17-27(38)25-19-23(32(35,36)37)6-8-28(25)40-11-13-41(14-12-40)30(44)29(18-22-5-7-24(33)20-26(22)34)43-16-15-42(31(43)45)10-9-39(3)4/h5-8,19-21,27,29H,9-18,38H2,1-4H3. The van der Waals surface area contributed by atoms with Crippen molar-refractivity contribution in [3.05, 3.63) is 63.1 Å². The number of rotatable bonds is 11. The lowest BCUT2D eigenvalue weighted by atomic mass is 9.94. The number of carbonyl (C=O) groups is 2. The van der Waals surface area contributed by atoms with E-state index >= 15 is 0 Å². The zero-order valence-electron chi connectivity index (χ0n) is 26.3. The smallest absolute Gasteiger partial charge is 0.368 e. The number of piperazine rings is 1. The van der Waals surface area contributed by atoms with Gasteiger partial charge < -0.3 is 30.2 Å². The molecule has 0 radical (unpaired) electrons. The first-order chi connectivity index (χ1) is 21.1. The molecule has 248 valence electrons. The Kier molecular flexibility index (Phi) is 11.5. The Morgan fingerprint density at radius 2 is 1.69 bits per heavy atom. The fourth-order valence-corrected chi connectivity index (χ4v) is 6.46. The summed E-state index contributed by atoms with van der Waals surface area (Å²) in [5.74, 6) is 0.0164. The average molecular weight is 672 g/mol. The molecule has 2 N–H and O–H groups in total. The second-order valence-corrected chi connectivity index (χ2v) is 13.4. The van der Waals surface area contributed by atoms with Crippen molar-refractivity contribution >= 4 is 40.8 Å². The topological polar surface area (TPSA) is 76.4 Å². The normalized spacial score (nSPS) is 17.6. The molecule has 2 heterocycles. The minimum absolute atomic E-state index is 0.187. The number of nitrogens with zero attached hydrogens (tertiary/aromatic N) is 5. The summed E-state index contributed by atoms with van der Waals surface area (Å²) in [5, 5.41) is 0.902. The van der Waals surface area contributed by atoms with E-state index in [0.29, 0.717) is 85.6 Å².